The van der Waals surface area contributed by atoms with E-state index in [0.29, 0.717) is 10.8 Å². The van der Waals surface area contributed by atoms with Crippen molar-refractivity contribution < 1.29 is 14.7 Å². The maximum absolute atomic E-state index is 11.2. The Morgan fingerprint density at radius 3 is 2.85 bits per heavy atom. The summed E-state index contributed by atoms with van der Waals surface area (Å²) in [5.74, 6) is -0.483. The van der Waals surface area contributed by atoms with Gasteiger partial charge in [0.25, 0.3) is 0 Å². The van der Waals surface area contributed by atoms with E-state index in [-0.39, 0.29) is 23.5 Å². The second kappa shape index (κ2) is 4.18. The molecule has 1 N–H and O–H groups in total. The average molecular weight is 243 g/mol. The molecule has 0 aromatic heterocycles. The highest BCUT2D eigenvalue weighted by Gasteiger charge is 2.10. The Labute approximate surface area is 83.5 Å². The zero-order valence-corrected chi connectivity index (χ0v) is 8.24. The monoisotopic (exact) mass is 242 g/mol. The van der Waals surface area contributed by atoms with E-state index in [1.165, 1.54) is 12.1 Å². The van der Waals surface area contributed by atoms with Gasteiger partial charge < -0.3 is 9.90 Å². The van der Waals surface area contributed by atoms with E-state index in [1.54, 1.807) is 6.07 Å². The van der Waals surface area contributed by atoms with Gasteiger partial charge in [-0.2, -0.15) is 0 Å². The van der Waals surface area contributed by atoms with Crippen LogP contribution in [-0.4, -0.2) is 17.2 Å². The van der Waals surface area contributed by atoms with E-state index in [1.807, 2.05) is 0 Å². The van der Waals surface area contributed by atoms with Crippen molar-refractivity contribution in [2.24, 2.45) is 0 Å². The van der Waals surface area contributed by atoms with E-state index in [0.717, 1.165) is 0 Å². The Balaban J connectivity index is 3.05. The van der Waals surface area contributed by atoms with Gasteiger partial charge in [0.1, 0.15) is 12.0 Å². The number of carbonyl (C=O) groups excluding carboxylic acids is 2. The van der Waals surface area contributed by atoms with Crippen LogP contribution in [0.5, 0.6) is 5.75 Å². The fourth-order valence-electron chi connectivity index (χ4n) is 0.917. The van der Waals surface area contributed by atoms with Gasteiger partial charge in [-0.1, -0.05) is 15.9 Å². The lowest BCUT2D eigenvalue weighted by Gasteiger charge is -2.01. The van der Waals surface area contributed by atoms with Crippen LogP contribution in [-0.2, 0) is 4.79 Å². The maximum Gasteiger partial charge on any atom is 0.173 e. The summed E-state index contributed by atoms with van der Waals surface area (Å²) in [5, 5.41) is 9.27. The number of carbonyl (C=O) groups is 2. The number of phenols is 1. The normalized spacial score (nSPS) is 9.62. The SMILES string of the molecule is O=CCC(=O)c1cc(Br)ccc1O. The van der Waals surface area contributed by atoms with E-state index in [2.05, 4.69) is 15.9 Å². The Morgan fingerprint density at radius 1 is 1.54 bits per heavy atom. The first-order valence-electron chi connectivity index (χ1n) is 3.60. The molecule has 1 aromatic carbocycles. The fraction of sp³-hybridized carbons (Fsp3) is 0.111. The lowest BCUT2D eigenvalue weighted by molar-refractivity contribution is -0.107. The van der Waals surface area contributed by atoms with Crippen LogP contribution in [0.3, 0.4) is 0 Å². The number of benzene rings is 1. The molecule has 0 spiro atoms. The summed E-state index contributed by atoms with van der Waals surface area (Å²) in [6, 6.07) is 4.51. The van der Waals surface area contributed by atoms with Crippen molar-refractivity contribution in [3.8, 4) is 5.75 Å². The standard InChI is InChI=1S/C9H7BrO3/c10-6-1-2-8(12)7(5-6)9(13)3-4-11/h1-2,4-5,12H,3H2. The maximum atomic E-state index is 11.2. The molecule has 0 amide bonds. The third kappa shape index (κ3) is 2.39. The van der Waals surface area contributed by atoms with Gasteiger partial charge in [0, 0.05) is 4.47 Å². The molecule has 0 aliphatic heterocycles. The molecule has 68 valence electrons. The van der Waals surface area contributed by atoms with Crippen LogP contribution >= 0.6 is 15.9 Å². The molecule has 0 fully saturated rings. The van der Waals surface area contributed by atoms with Gasteiger partial charge in [-0.15, -0.1) is 0 Å². The van der Waals surface area contributed by atoms with Crippen LogP contribution in [0.4, 0.5) is 0 Å². The van der Waals surface area contributed by atoms with Gasteiger partial charge in [0.2, 0.25) is 0 Å². The second-order valence-electron chi connectivity index (χ2n) is 2.46. The Bertz CT molecular complexity index is 347. The van der Waals surface area contributed by atoms with E-state index < -0.39 is 0 Å². The van der Waals surface area contributed by atoms with Gasteiger partial charge in [0.15, 0.2) is 5.78 Å². The molecule has 0 saturated carbocycles. The molecule has 13 heavy (non-hydrogen) atoms. The van der Waals surface area contributed by atoms with Gasteiger partial charge in [-0.25, -0.2) is 0 Å². The quantitative estimate of drug-likeness (QED) is 0.501. The lowest BCUT2D eigenvalue weighted by Crippen LogP contribution is -1.99. The minimum Gasteiger partial charge on any atom is -0.507 e. The zero-order chi connectivity index (χ0) is 9.84. The highest BCUT2D eigenvalue weighted by molar-refractivity contribution is 9.10. The first kappa shape index (κ1) is 9.92. The smallest absolute Gasteiger partial charge is 0.173 e. The number of hydrogen-bond acceptors (Lipinski definition) is 3. The number of hydrogen-bond donors (Lipinski definition) is 1. The Kier molecular flexibility index (Phi) is 3.19. The summed E-state index contributed by atoms with van der Waals surface area (Å²) < 4.78 is 0.694. The fourth-order valence-corrected chi connectivity index (χ4v) is 1.28. The molecule has 0 bridgehead atoms. The van der Waals surface area contributed by atoms with Gasteiger partial charge in [-0.3, -0.25) is 4.79 Å². The van der Waals surface area contributed by atoms with Crippen molar-refractivity contribution in [3.63, 3.8) is 0 Å². The average Bonchev–Trinajstić information content (AvgIpc) is 2.09. The van der Waals surface area contributed by atoms with Gasteiger partial charge >= 0.3 is 0 Å². The van der Waals surface area contributed by atoms with E-state index in [4.69, 9.17) is 0 Å². The molecule has 4 heteroatoms. The molecule has 0 heterocycles. The van der Waals surface area contributed by atoms with Gasteiger partial charge in [-0.05, 0) is 18.2 Å². The van der Waals surface area contributed by atoms with E-state index in [9.17, 15) is 14.7 Å². The largest absolute Gasteiger partial charge is 0.507 e. The molecule has 0 radical (unpaired) electrons. The predicted octanol–water partition coefficient (Wildman–Crippen LogP) is 1.93. The molecule has 1 aromatic rings. The van der Waals surface area contributed by atoms with Crippen molar-refractivity contribution in [3.05, 3.63) is 28.2 Å². The van der Waals surface area contributed by atoms with Crippen LogP contribution in [0.2, 0.25) is 0 Å². The first-order chi connectivity index (χ1) is 6.15. The van der Waals surface area contributed by atoms with Crippen molar-refractivity contribution >= 4 is 28.0 Å². The van der Waals surface area contributed by atoms with Crippen molar-refractivity contribution in [2.45, 2.75) is 6.42 Å². The molecule has 1 rings (SSSR count). The van der Waals surface area contributed by atoms with E-state index >= 15 is 0 Å². The summed E-state index contributed by atoms with van der Waals surface area (Å²) in [5.41, 5.74) is 0.168. The van der Waals surface area contributed by atoms with Gasteiger partial charge in [0.05, 0.1) is 12.0 Å². The Hall–Kier alpha value is -1.16. The molecule has 0 unspecified atom stereocenters. The highest BCUT2D eigenvalue weighted by atomic mass is 79.9. The van der Waals surface area contributed by atoms with Crippen LogP contribution in [0.1, 0.15) is 16.8 Å². The molecular weight excluding hydrogens is 236 g/mol. The second-order valence-corrected chi connectivity index (χ2v) is 3.37. The van der Waals surface area contributed by atoms with Crippen LogP contribution in [0.25, 0.3) is 0 Å². The molecule has 0 atom stereocenters. The zero-order valence-electron chi connectivity index (χ0n) is 6.66. The number of Topliss-reactive ketones (excluding diaryl/α,β-unsaturated/α-hetero) is 1. The third-order valence-corrected chi connectivity index (χ3v) is 2.02. The number of aldehydes is 1. The van der Waals surface area contributed by atoms with Crippen LogP contribution in [0.15, 0.2) is 22.7 Å². The number of halogens is 1. The number of aromatic hydroxyl groups is 1. The number of ketones is 1. The van der Waals surface area contributed by atoms with Crippen molar-refractivity contribution in [1.29, 1.82) is 0 Å². The molecule has 0 aliphatic carbocycles. The third-order valence-electron chi connectivity index (χ3n) is 1.53. The number of phenolic OH excluding ortho intramolecular Hbond substituents is 1. The predicted molar refractivity (Wildman–Crippen MR) is 50.8 cm³/mol. The molecule has 3 nitrogen and oxygen atoms in total. The van der Waals surface area contributed by atoms with Crippen LogP contribution < -0.4 is 0 Å². The molecule has 0 saturated heterocycles. The summed E-state index contributed by atoms with van der Waals surface area (Å²) in [6.07, 6.45) is 0.312. The number of rotatable bonds is 3. The van der Waals surface area contributed by atoms with Crippen molar-refractivity contribution in [2.75, 3.05) is 0 Å². The van der Waals surface area contributed by atoms with Crippen molar-refractivity contribution in [1.82, 2.24) is 0 Å². The lowest BCUT2D eigenvalue weighted by atomic mass is 10.1. The van der Waals surface area contributed by atoms with Crippen LogP contribution in [0, 0.1) is 0 Å². The topological polar surface area (TPSA) is 54.4 Å². The summed E-state index contributed by atoms with van der Waals surface area (Å²) in [7, 11) is 0. The summed E-state index contributed by atoms with van der Waals surface area (Å²) in [6.45, 7) is 0. The Morgan fingerprint density at radius 2 is 2.23 bits per heavy atom. The minimum atomic E-state index is -0.381. The minimum absolute atomic E-state index is 0.102. The summed E-state index contributed by atoms with van der Waals surface area (Å²) >= 11 is 3.16. The molecule has 0 aliphatic rings. The highest BCUT2D eigenvalue weighted by Crippen LogP contribution is 2.22. The summed E-state index contributed by atoms with van der Waals surface area (Å²) in [4.78, 5) is 21.3. The first-order valence-corrected chi connectivity index (χ1v) is 4.40. The molecular formula is C9H7BrO3.